The fourth-order valence-electron chi connectivity index (χ4n) is 2.53. The molecule has 0 aromatic rings. The summed E-state index contributed by atoms with van der Waals surface area (Å²) in [6, 6.07) is 0.253. The van der Waals surface area contributed by atoms with Crippen molar-refractivity contribution in [1.82, 2.24) is 10.2 Å². The van der Waals surface area contributed by atoms with Gasteiger partial charge in [-0.25, -0.2) is 0 Å². The lowest BCUT2D eigenvalue weighted by molar-refractivity contribution is -0.126. The molecular weight excluding hydrogens is 176 g/mol. The molecule has 0 aromatic heterocycles. The minimum absolute atomic E-state index is 0.253. The van der Waals surface area contributed by atoms with E-state index in [4.69, 9.17) is 0 Å². The number of nitrogens with one attached hydrogen (secondary N) is 1. The standard InChI is InChI=1S/C11H20N2O/c14-11-5-2-1-4-10(11)13-8-3-6-12-7-9-13/h10,12H,1-9H2. The molecule has 14 heavy (non-hydrogen) atoms. The zero-order chi connectivity index (χ0) is 9.80. The molecule has 0 bridgehead atoms. The summed E-state index contributed by atoms with van der Waals surface area (Å²) in [5, 5.41) is 3.38. The maximum atomic E-state index is 11.7. The van der Waals surface area contributed by atoms with Gasteiger partial charge in [-0.3, -0.25) is 9.69 Å². The van der Waals surface area contributed by atoms with Gasteiger partial charge in [0.2, 0.25) is 0 Å². The topological polar surface area (TPSA) is 32.3 Å². The molecule has 1 atom stereocenters. The van der Waals surface area contributed by atoms with Gasteiger partial charge in [-0.1, -0.05) is 6.42 Å². The van der Waals surface area contributed by atoms with Gasteiger partial charge in [0.25, 0.3) is 0 Å². The van der Waals surface area contributed by atoms with Crippen LogP contribution in [0.25, 0.3) is 0 Å². The number of rotatable bonds is 1. The van der Waals surface area contributed by atoms with Crippen LogP contribution in [0.5, 0.6) is 0 Å². The van der Waals surface area contributed by atoms with E-state index >= 15 is 0 Å². The van der Waals surface area contributed by atoms with Crippen LogP contribution in [0, 0.1) is 0 Å². The van der Waals surface area contributed by atoms with Crippen LogP contribution in [-0.4, -0.2) is 42.9 Å². The molecule has 1 saturated carbocycles. The van der Waals surface area contributed by atoms with E-state index < -0.39 is 0 Å². The van der Waals surface area contributed by atoms with E-state index in [0.29, 0.717) is 5.78 Å². The average molecular weight is 196 g/mol. The molecule has 2 rings (SSSR count). The first-order valence-electron chi connectivity index (χ1n) is 5.85. The molecule has 2 fully saturated rings. The molecule has 80 valence electrons. The molecule has 0 aromatic carbocycles. The maximum Gasteiger partial charge on any atom is 0.149 e. The highest BCUT2D eigenvalue weighted by Crippen LogP contribution is 2.20. The molecule has 1 unspecified atom stereocenters. The van der Waals surface area contributed by atoms with Gasteiger partial charge in [0.15, 0.2) is 0 Å². The van der Waals surface area contributed by atoms with Crippen molar-refractivity contribution >= 4 is 5.78 Å². The Labute approximate surface area is 85.8 Å². The van der Waals surface area contributed by atoms with Gasteiger partial charge in [0.1, 0.15) is 5.78 Å². The summed E-state index contributed by atoms with van der Waals surface area (Å²) in [7, 11) is 0. The van der Waals surface area contributed by atoms with Gasteiger partial charge in [-0.05, 0) is 25.8 Å². The highest BCUT2D eigenvalue weighted by Gasteiger charge is 2.27. The summed E-state index contributed by atoms with van der Waals surface area (Å²) in [5.41, 5.74) is 0. The molecule has 1 aliphatic heterocycles. The highest BCUT2D eigenvalue weighted by atomic mass is 16.1. The van der Waals surface area contributed by atoms with Gasteiger partial charge in [-0.2, -0.15) is 0 Å². The second-order valence-electron chi connectivity index (χ2n) is 4.37. The van der Waals surface area contributed by atoms with Gasteiger partial charge in [-0.15, -0.1) is 0 Å². The number of hydrogen-bond acceptors (Lipinski definition) is 3. The van der Waals surface area contributed by atoms with Gasteiger partial charge in [0, 0.05) is 26.1 Å². The number of hydrogen-bond donors (Lipinski definition) is 1. The van der Waals surface area contributed by atoms with Gasteiger partial charge >= 0.3 is 0 Å². The quantitative estimate of drug-likeness (QED) is 0.673. The SMILES string of the molecule is O=C1CCCCC1N1CCCNCC1. The number of carbonyl (C=O) groups is 1. The normalized spacial score (nSPS) is 31.4. The van der Waals surface area contributed by atoms with Crippen LogP contribution < -0.4 is 5.32 Å². The smallest absolute Gasteiger partial charge is 0.149 e. The van der Waals surface area contributed by atoms with Crippen LogP contribution in [0.4, 0.5) is 0 Å². The Kier molecular flexibility index (Phi) is 3.54. The summed E-state index contributed by atoms with van der Waals surface area (Å²) in [6.45, 7) is 4.31. The second kappa shape index (κ2) is 4.89. The Morgan fingerprint density at radius 2 is 2.07 bits per heavy atom. The van der Waals surface area contributed by atoms with Crippen molar-refractivity contribution in [2.75, 3.05) is 26.2 Å². The predicted octanol–water partition coefficient (Wildman–Crippen LogP) is 0.793. The average Bonchev–Trinajstić information content (AvgIpc) is 2.47. The molecule has 0 radical (unpaired) electrons. The molecule has 1 N–H and O–H groups in total. The monoisotopic (exact) mass is 196 g/mol. The molecular formula is C11H20N2O. The first-order valence-corrected chi connectivity index (χ1v) is 5.85. The van der Waals surface area contributed by atoms with Crippen LogP contribution in [0.3, 0.4) is 0 Å². The molecule has 0 spiro atoms. The number of Topliss-reactive ketones (excluding diaryl/α,β-unsaturated/α-hetero) is 1. The summed E-state index contributed by atoms with van der Waals surface area (Å²) in [6.07, 6.45) is 5.44. The van der Waals surface area contributed by atoms with E-state index in [-0.39, 0.29) is 6.04 Å². The molecule has 3 nitrogen and oxygen atoms in total. The summed E-state index contributed by atoms with van der Waals surface area (Å²) in [5.74, 6) is 0.484. The van der Waals surface area contributed by atoms with Crippen molar-refractivity contribution in [3.05, 3.63) is 0 Å². The third-order valence-corrected chi connectivity index (χ3v) is 3.34. The minimum Gasteiger partial charge on any atom is -0.315 e. The Bertz CT molecular complexity index is 197. The summed E-state index contributed by atoms with van der Waals surface area (Å²) in [4.78, 5) is 14.1. The van der Waals surface area contributed by atoms with E-state index in [2.05, 4.69) is 10.2 Å². The Morgan fingerprint density at radius 3 is 2.93 bits per heavy atom. The lowest BCUT2D eigenvalue weighted by Gasteiger charge is -2.31. The van der Waals surface area contributed by atoms with Gasteiger partial charge in [0.05, 0.1) is 6.04 Å². The van der Waals surface area contributed by atoms with Crippen LogP contribution >= 0.6 is 0 Å². The van der Waals surface area contributed by atoms with E-state index in [9.17, 15) is 4.79 Å². The van der Waals surface area contributed by atoms with Crippen molar-refractivity contribution in [2.45, 2.75) is 38.1 Å². The second-order valence-corrected chi connectivity index (χ2v) is 4.37. The maximum absolute atomic E-state index is 11.7. The molecule has 3 heteroatoms. The van der Waals surface area contributed by atoms with E-state index in [0.717, 1.165) is 45.4 Å². The third-order valence-electron chi connectivity index (χ3n) is 3.34. The number of ketones is 1. The third kappa shape index (κ3) is 2.34. The van der Waals surface area contributed by atoms with Crippen molar-refractivity contribution in [2.24, 2.45) is 0 Å². The lowest BCUT2D eigenvalue weighted by atomic mass is 9.93. The molecule has 0 amide bonds. The zero-order valence-corrected chi connectivity index (χ0v) is 8.80. The summed E-state index contributed by atoms with van der Waals surface area (Å²) < 4.78 is 0. The predicted molar refractivity (Wildman–Crippen MR) is 56.3 cm³/mol. The largest absolute Gasteiger partial charge is 0.315 e. The van der Waals surface area contributed by atoms with Crippen LogP contribution in [-0.2, 0) is 4.79 Å². The van der Waals surface area contributed by atoms with Crippen LogP contribution in [0.1, 0.15) is 32.1 Å². The van der Waals surface area contributed by atoms with Crippen molar-refractivity contribution < 1.29 is 4.79 Å². The summed E-state index contributed by atoms with van der Waals surface area (Å²) >= 11 is 0. The lowest BCUT2D eigenvalue weighted by Crippen LogP contribution is -2.44. The number of nitrogens with zero attached hydrogens (tertiary/aromatic N) is 1. The molecule has 1 heterocycles. The number of carbonyl (C=O) groups excluding carboxylic acids is 1. The van der Waals surface area contributed by atoms with Crippen molar-refractivity contribution in [3.63, 3.8) is 0 Å². The van der Waals surface area contributed by atoms with Crippen molar-refractivity contribution in [1.29, 1.82) is 0 Å². The first-order chi connectivity index (χ1) is 6.88. The molecule has 1 saturated heterocycles. The van der Waals surface area contributed by atoms with E-state index in [1.54, 1.807) is 0 Å². The van der Waals surface area contributed by atoms with Crippen LogP contribution in [0.15, 0.2) is 0 Å². The Morgan fingerprint density at radius 1 is 1.14 bits per heavy atom. The Balaban J connectivity index is 1.93. The minimum atomic E-state index is 0.253. The molecule has 1 aliphatic carbocycles. The first kappa shape index (κ1) is 10.1. The van der Waals surface area contributed by atoms with E-state index in [1.807, 2.05) is 0 Å². The van der Waals surface area contributed by atoms with Gasteiger partial charge < -0.3 is 5.32 Å². The highest BCUT2D eigenvalue weighted by molar-refractivity contribution is 5.84. The van der Waals surface area contributed by atoms with Crippen molar-refractivity contribution in [3.8, 4) is 0 Å². The van der Waals surface area contributed by atoms with E-state index in [1.165, 1.54) is 12.8 Å². The fraction of sp³-hybridized carbons (Fsp3) is 0.909. The van der Waals surface area contributed by atoms with Crippen LogP contribution in [0.2, 0.25) is 0 Å². The fourth-order valence-corrected chi connectivity index (χ4v) is 2.53. The zero-order valence-electron chi connectivity index (χ0n) is 8.80. The Hall–Kier alpha value is -0.410. The molecule has 2 aliphatic rings.